The Labute approximate surface area is 107 Å². The molecule has 1 aromatic rings. The lowest BCUT2D eigenvalue weighted by Gasteiger charge is -2.19. The topological polar surface area (TPSA) is 79.5 Å². The number of aromatic nitrogens is 2. The smallest absolute Gasteiger partial charge is 0.401 e. The summed E-state index contributed by atoms with van der Waals surface area (Å²) in [6.07, 6.45) is -3.18. The molecule has 0 unspecified atom stereocenters. The van der Waals surface area contributed by atoms with Gasteiger partial charge in [-0.25, -0.2) is 0 Å². The maximum absolute atomic E-state index is 12.3. The van der Waals surface area contributed by atoms with Crippen LogP contribution in [-0.4, -0.2) is 45.4 Å². The molecule has 0 fully saturated rings. The summed E-state index contributed by atoms with van der Waals surface area (Å²) in [6, 6.07) is 0. The van der Waals surface area contributed by atoms with E-state index in [9.17, 15) is 18.0 Å². The van der Waals surface area contributed by atoms with Crippen molar-refractivity contribution in [2.24, 2.45) is 0 Å². The van der Waals surface area contributed by atoms with Crippen LogP contribution in [0.5, 0.6) is 0 Å². The van der Waals surface area contributed by atoms with Crippen molar-refractivity contribution in [3.05, 3.63) is 11.7 Å². The van der Waals surface area contributed by atoms with Gasteiger partial charge in [0.25, 0.3) is 0 Å². The number of carboxylic acids is 1. The van der Waals surface area contributed by atoms with Crippen molar-refractivity contribution in [3.8, 4) is 0 Å². The van der Waals surface area contributed by atoms with Gasteiger partial charge >= 0.3 is 12.1 Å². The van der Waals surface area contributed by atoms with Crippen molar-refractivity contribution in [3.63, 3.8) is 0 Å². The number of hydrogen-bond acceptors (Lipinski definition) is 5. The van der Waals surface area contributed by atoms with E-state index < -0.39 is 25.2 Å². The number of aliphatic carboxylic acids is 1. The molecule has 0 aliphatic heterocycles. The molecule has 0 amide bonds. The van der Waals surface area contributed by atoms with Crippen molar-refractivity contribution < 1.29 is 27.6 Å². The van der Waals surface area contributed by atoms with Crippen LogP contribution in [0.4, 0.5) is 13.2 Å². The summed E-state index contributed by atoms with van der Waals surface area (Å²) >= 11 is 0. The molecule has 1 rings (SSSR count). The standard InChI is InChI=1S/C10H14F3N3O3/c1-2-3-8-14-7(15-19-8)4-16(5-9(17)18)6-10(11,12)13/h2-6H2,1H3,(H,17,18). The van der Waals surface area contributed by atoms with Crippen LogP contribution in [0.2, 0.25) is 0 Å². The Bertz CT molecular complexity index is 420. The third-order valence-electron chi connectivity index (χ3n) is 2.10. The monoisotopic (exact) mass is 281 g/mol. The van der Waals surface area contributed by atoms with E-state index in [0.717, 1.165) is 6.42 Å². The minimum atomic E-state index is -4.48. The summed E-state index contributed by atoms with van der Waals surface area (Å²) in [5, 5.41) is 12.1. The van der Waals surface area contributed by atoms with E-state index in [2.05, 4.69) is 10.1 Å². The van der Waals surface area contributed by atoms with E-state index in [4.69, 9.17) is 9.63 Å². The Morgan fingerprint density at radius 1 is 1.47 bits per heavy atom. The molecule has 1 heterocycles. The van der Waals surface area contributed by atoms with E-state index in [0.29, 0.717) is 17.2 Å². The number of rotatable bonds is 7. The molecule has 0 saturated heterocycles. The molecule has 0 aliphatic carbocycles. The van der Waals surface area contributed by atoms with Crippen molar-refractivity contribution in [1.82, 2.24) is 15.0 Å². The molecule has 19 heavy (non-hydrogen) atoms. The van der Waals surface area contributed by atoms with Crippen LogP contribution < -0.4 is 0 Å². The SMILES string of the molecule is CCCc1nc(CN(CC(=O)O)CC(F)(F)F)no1. The van der Waals surface area contributed by atoms with Gasteiger partial charge in [0.15, 0.2) is 5.82 Å². The van der Waals surface area contributed by atoms with Crippen molar-refractivity contribution >= 4 is 5.97 Å². The summed E-state index contributed by atoms with van der Waals surface area (Å²) in [4.78, 5) is 15.1. The molecule has 0 bridgehead atoms. The Morgan fingerprint density at radius 2 is 2.16 bits per heavy atom. The average molecular weight is 281 g/mol. The summed E-state index contributed by atoms with van der Waals surface area (Å²) in [6.45, 7) is -0.503. The Morgan fingerprint density at radius 3 is 2.68 bits per heavy atom. The molecule has 0 saturated carbocycles. The van der Waals surface area contributed by atoms with Gasteiger partial charge in [0.2, 0.25) is 5.89 Å². The van der Waals surface area contributed by atoms with Gasteiger partial charge < -0.3 is 9.63 Å². The van der Waals surface area contributed by atoms with Crippen LogP contribution in [0.1, 0.15) is 25.1 Å². The highest BCUT2D eigenvalue weighted by molar-refractivity contribution is 5.69. The molecular formula is C10H14F3N3O3. The van der Waals surface area contributed by atoms with Crippen LogP contribution in [-0.2, 0) is 17.8 Å². The van der Waals surface area contributed by atoms with E-state index in [1.807, 2.05) is 6.92 Å². The first kappa shape index (κ1) is 15.4. The molecule has 9 heteroatoms. The van der Waals surface area contributed by atoms with Crippen LogP contribution in [0.15, 0.2) is 4.52 Å². The summed E-state index contributed by atoms with van der Waals surface area (Å²) in [7, 11) is 0. The summed E-state index contributed by atoms with van der Waals surface area (Å²) < 4.78 is 41.7. The predicted molar refractivity (Wildman–Crippen MR) is 57.3 cm³/mol. The average Bonchev–Trinajstić information content (AvgIpc) is 2.62. The molecule has 0 spiro atoms. The highest BCUT2D eigenvalue weighted by Crippen LogP contribution is 2.17. The van der Waals surface area contributed by atoms with Crippen LogP contribution in [0.25, 0.3) is 0 Å². The molecule has 0 radical (unpaired) electrons. The third-order valence-corrected chi connectivity index (χ3v) is 2.10. The fourth-order valence-electron chi connectivity index (χ4n) is 1.48. The number of carboxylic acid groups (broad SMARTS) is 1. The largest absolute Gasteiger partial charge is 0.480 e. The maximum atomic E-state index is 12.3. The fourth-order valence-corrected chi connectivity index (χ4v) is 1.48. The highest BCUT2D eigenvalue weighted by atomic mass is 19.4. The van der Waals surface area contributed by atoms with Gasteiger partial charge in [-0.05, 0) is 6.42 Å². The quantitative estimate of drug-likeness (QED) is 0.815. The van der Waals surface area contributed by atoms with Gasteiger partial charge in [0, 0.05) is 6.42 Å². The minimum absolute atomic E-state index is 0.0500. The predicted octanol–water partition coefficient (Wildman–Crippen LogP) is 1.47. The van der Waals surface area contributed by atoms with Gasteiger partial charge in [0.05, 0.1) is 19.6 Å². The normalized spacial score (nSPS) is 12.1. The maximum Gasteiger partial charge on any atom is 0.401 e. The second-order valence-electron chi connectivity index (χ2n) is 4.01. The Hall–Kier alpha value is -1.64. The van der Waals surface area contributed by atoms with Gasteiger partial charge in [-0.2, -0.15) is 18.2 Å². The first-order chi connectivity index (χ1) is 8.80. The zero-order valence-electron chi connectivity index (χ0n) is 10.3. The second kappa shape index (κ2) is 6.50. The molecule has 0 aromatic carbocycles. The number of carbonyl (C=O) groups is 1. The number of aryl methyl sites for hydroxylation is 1. The second-order valence-corrected chi connectivity index (χ2v) is 4.01. The van der Waals surface area contributed by atoms with Crippen molar-refractivity contribution in [2.45, 2.75) is 32.5 Å². The first-order valence-corrected chi connectivity index (χ1v) is 5.62. The van der Waals surface area contributed by atoms with Crippen LogP contribution in [0, 0.1) is 0 Å². The molecular weight excluding hydrogens is 267 g/mol. The van der Waals surface area contributed by atoms with Gasteiger partial charge in [-0.1, -0.05) is 12.1 Å². The van der Waals surface area contributed by atoms with E-state index in [1.54, 1.807) is 0 Å². The van der Waals surface area contributed by atoms with Crippen LogP contribution in [0.3, 0.4) is 0 Å². The first-order valence-electron chi connectivity index (χ1n) is 5.62. The minimum Gasteiger partial charge on any atom is -0.480 e. The Balaban J connectivity index is 2.67. The lowest BCUT2D eigenvalue weighted by atomic mass is 10.3. The number of nitrogens with zero attached hydrogens (tertiary/aromatic N) is 3. The summed E-state index contributed by atoms with van der Waals surface area (Å²) in [5.74, 6) is -0.963. The lowest BCUT2D eigenvalue weighted by Crippen LogP contribution is -2.37. The molecule has 108 valence electrons. The summed E-state index contributed by atoms with van der Waals surface area (Å²) in [5.41, 5.74) is 0. The van der Waals surface area contributed by atoms with Gasteiger partial charge in [0.1, 0.15) is 0 Å². The van der Waals surface area contributed by atoms with Gasteiger partial charge in [-0.3, -0.25) is 9.69 Å². The lowest BCUT2D eigenvalue weighted by molar-refractivity contribution is -0.155. The number of alkyl halides is 3. The van der Waals surface area contributed by atoms with Crippen LogP contribution >= 0.6 is 0 Å². The molecule has 1 N–H and O–H groups in total. The molecule has 6 nitrogen and oxygen atoms in total. The molecule has 0 atom stereocenters. The van der Waals surface area contributed by atoms with Gasteiger partial charge in [-0.15, -0.1) is 0 Å². The van der Waals surface area contributed by atoms with Crippen molar-refractivity contribution in [1.29, 1.82) is 0 Å². The molecule has 0 aliphatic rings. The van der Waals surface area contributed by atoms with Crippen molar-refractivity contribution in [2.75, 3.05) is 13.1 Å². The highest BCUT2D eigenvalue weighted by Gasteiger charge is 2.32. The Kier molecular flexibility index (Phi) is 5.28. The number of hydrogen-bond donors (Lipinski definition) is 1. The number of halogens is 3. The zero-order chi connectivity index (χ0) is 14.5. The van der Waals surface area contributed by atoms with E-state index in [1.165, 1.54) is 0 Å². The fraction of sp³-hybridized carbons (Fsp3) is 0.700. The third kappa shape index (κ3) is 6.18. The van der Waals surface area contributed by atoms with E-state index >= 15 is 0 Å². The molecule has 1 aromatic heterocycles. The van der Waals surface area contributed by atoms with E-state index in [-0.39, 0.29) is 12.4 Å². The zero-order valence-corrected chi connectivity index (χ0v) is 10.3.